The molecule has 0 saturated carbocycles. The number of hydrogen-bond acceptors (Lipinski definition) is 4. The van der Waals surface area contributed by atoms with Crippen molar-refractivity contribution in [3.63, 3.8) is 0 Å². The lowest BCUT2D eigenvalue weighted by Gasteiger charge is -2.26. The Morgan fingerprint density at radius 3 is 2.47 bits per heavy atom. The molecule has 4 heteroatoms. The molecule has 0 bridgehead atoms. The van der Waals surface area contributed by atoms with E-state index in [0.717, 1.165) is 0 Å². The highest BCUT2D eigenvalue weighted by molar-refractivity contribution is 5.39. The highest BCUT2D eigenvalue weighted by Gasteiger charge is 2.23. The number of para-hydroxylation sites is 2. The Labute approximate surface area is 102 Å². The van der Waals surface area contributed by atoms with E-state index in [1.165, 1.54) is 0 Å². The predicted octanol–water partition coefficient (Wildman–Crippen LogP) is 1.56. The minimum absolute atomic E-state index is 0.134. The molecule has 0 heterocycles. The second kappa shape index (κ2) is 5.89. The lowest BCUT2D eigenvalue weighted by atomic mass is 9.99. The molecule has 3 N–H and O–H groups in total. The predicted molar refractivity (Wildman–Crippen MR) is 67.4 cm³/mol. The van der Waals surface area contributed by atoms with Crippen molar-refractivity contribution in [2.75, 3.05) is 13.7 Å². The van der Waals surface area contributed by atoms with E-state index in [1.807, 2.05) is 31.2 Å². The van der Waals surface area contributed by atoms with E-state index in [9.17, 15) is 5.11 Å². The Hall–Kier alpha value is -1.26. The fourth-order valence-corrected chi connectivity index (χ4v) is 1.68. The number of aliphatic hydroxyl groups is 1. The van der Waals surface area contributed by atoms with Crippen LogP contribution in [-0.4, -0.2) is 30.5 Å². The SMILES string of the molecule is COc1ccccc1OC(C)CC(C)(O)CN. The summed E-state index contributed by atoms with van der Waals surface area (Å²) in [6, 6.07) is 7.44. The maximum absolute atomic E-state index is 9.86. The largest absolute Gasteiger partial charge is 0.493 e. The highest BCUT2D eigenvalue weighted by atomic mass is 16.5. The Kier molecular flexibility index (Phi) is 4.78. The number of benzene rings is 1. The van der Waals surface area contributed by atoms with Gasteiger partial charge in [-0.15, -0.1) is 0 Å². The smallest absolute Gasteiger partial charge is 0.161 e. The van der Waals surface area contributed by atoms with Crippen LogP contribution in [0.3, 0.4) is 0 Å². The zero-order chi connectivity index (χ0) is 12.9. The zero-order valence-electron chi connectivity index (χ0n) is 10.6. The van der Waals surface area contributed by atoms with Gasteiger partial charge in [-0.05, 0) is 26.0 Å². The van der Waals surface area contributed by atoms with Gasteiger partial charge in [0, 0.05) is 13.0 Å². The number of ether oxygens (including phenoxy) is 2. The van der Waals surface area contributed by atoms with Gasteiger partial charge in [-0.1, -0.05) is 12.1 Å². The molecule has 2 atom stereocenters. The number of nitrogens with two attached hydrogens (primary N) is 1. The molecule has 1 rings (SSSR count). The van der Waals surface area contributed by atoms with Gasteiger partial charge in [0.05, 0.1) is 18.8 Å². The molecule has 0 saturated heterocycles. The summed E-state index contributed by atoms with van der Waals surface area (Å²) in [5.41, 5.74) is 4.57. The Balaban J connectivity index is 2.65. The summed E-state index contributed by atoms with van der Waals surface area (Å²) in [6.07, 6.45) is 0.339. The van der Waals surface area contributed by atoms with Crippen molar-refractivity contribution in [3.05, 3.63) is 24.3 Å². The van der Waals surface area contributed by atoms with Gasteiger partial charge in [0.1, 0.15) is 0 Å². The molecule has 0 aliphatic carbocycles. The second-order valence-electron chi connectivity index (χ2n) is 4.48. The van der Waals surface area contributed by atoms with Crippen LogP contribution in [0.15, 0.2) is 24.3 Å². The average molecular weight is 239 g/mol. The monoisotopic (exact) mass is 239 g/mol. The van der Waals surface area contributed by atoms with Crippen LogP contribution in [0.25, 0.3) is 0 Å². The molecule has 1 aromatic carbocycles. The first-order chi connectivity index (χ1) is 7.98. The van der Waals surface area contributed by atoms with E-state index in [0.29, 0.717) is 17.9 Å². The number of methoxy groups -OCH3 is 1. The highest BCUT2D eigenvalue weighted by Crippen LogP contribution is 2.28. The fraction of sp³-hybridized carbons (Fsp3) is 0.538. The van der Waals surface area contributed by atoms with E-state index in [-0.39, 0.29) is 12.6 Å². The quantitative estimate of drug-likeness (QED) is 0.790. The molecule has 0 amide bonds. The van der Waals surface area contributed by atoms with Crippen LogP contribution >= 0.6 is 0 Å². The van der Waals surface area contributed by atoms with Gasteiger partial charge >= 0.3 is 0 Å². The van der Waals surface area contributed by atoms with Gasteiger partial charge in [0.15, 0.2) is 11.5 Å². The van der Waals surface area contributed by atoms with E-state index >= 15 is 0 Å². The molecule has 4 nitrogen and oxygen atoms in total. The second-order valence-corrected chi connectivity index (χ2v) is 4.48. The van der Waals surface area contributed by atoms with Crippen molar-refractivity contribution in [2.24, 2.45) is 5.73 Å². The minimum atomic E-state index is -0.901. The van der Waals surface area contributed by atoms with Crippen LogP contribution in [0, 0.1) is 0 Å². The van der Waals surface area contributed by atoms with Crippen molar-refractivity contribution in [3.8, 4) is 11.5 Å². The molecule has 2 unspecified atom stereocenters. The molecular formula is C13H21NO3. The van der Waals surface area contributed by atoms with Crippen molar-refractivity contribution in [1.29, 1.82) is 0 Å². The molecule has 1 aromatic rings. The summed E-state index contributed by atoms with van der Waals surface area (Å²) in [4.78, 5) is 0. The first-order valence-electron chi connectivity index (χ1n) is 5.70. The molecule has 0 fully saturated rings. The van der Waals surface area contributed by atoms with E-state index in [2.05, 4.69) is 0 Å². The molecule has 17 heavy (non-hydrogen) atoms. The standard InChI is InChI=1S/C13H21NO3/c1-10(8-13(2,15)9-14)17-12-7-5-4-6-11(12)16-3/h4-7,10,15H,8-9,14H2,1-3H3. The maximum Gasteiger partial charge on any atom is 0.161 e. The molecule has 0 spiro atoms. The Morgan fingerprint density at radius 2 is 1.94 bits per heavy atom. The summed E-state index contributed by atoms with van der Waals surface area (Å²) in [5.74, 6) is 1.36. The van der Waals surface area contributed by atoms with Gasteiger partial charge < -0.3 is 20.3 Å². The third-order valence-electron chi connectivity index (χ3n) is 2.56. The van der Waals surface area contributed by atoms with Crippen LogP contribution in [0.5, 0.6) is 11.5 Å². The van der Waals surface area contributed by atoms with Crippen molar-refractivity contribution < 1.29 is 14.6 Å². The van der Waals surface area contributed by atoms with Crippen LogP contribution < -0.4 is 15.2 Å². The molecular weight excluding hydrogens is 218 g/mol. The topological polar surface area (TPSA) is 64.7 Å². The van der Waals surface area contributed by atoms with Crippen molar-refractivity contribution in [2.45, 2.75) is 32.0 Å². The van der Waals surface area contributed by atoms with Crippen molar-refractivity contribution >= 4 is 0 Å². The Morgan fingerprint density at radius 1 is 1.35 bits per heavy atom. The van der Waals surface area contributed by atoms with E-state index in [1.54, 1.807) is 14.0 Å². The van der Waals surface area contributed by atoms with Gasteiger partial charge in [0.2, 0.25) is 0 Å². The summed E-state index contributed by atoms with van der Waals surface area (Å²) in [5, 5.41) is 9.86. The van der Waals surface area contributed by atoms with Gasteiger partial charge in [-0.2, -0.15) is 0 Å². The first kappa shape index (κ1) is 13.8. The number of rotatable bonds is 6. The lowest BCUT2D eigenvalue weighted by molar-refractivity contribution is 0.0231. The molecule has 96 valence electrons. The average Bonchev–Trinajstić information content (AvgIpc) is 2.29. The van der Waals surface area contributed by atoms with Gasteiger partial charge in [-0.3, -0.25) is 0 Å². The summed E-state index contributed by atoms with van der Waals surface area (Å²) >= 11 is 0. The summed E-state index contributed by atoms with van der Waals surface area (Å²) in [7, 11) is 1.60. The Bertz CT molecular complexity index is 352. The normalized spacial score (nSPS) is 16.1. The van der Waals surface area contributed by atoms with E-state index in [4.69, 9.17) is 15.2 Å². The molecule has 0 aliphatic rings. The summed E-state index contributed by atoms with van der Waals surface area (Å²) < 4.78 is 10.9. The van der Waals surface area contributed by atoms with Crippen LogP contribution in [0.1, 0.15) is 20.3 Å². The third-order valence-corrected chi connectivity index (χ3v) is 2.56. The molecule has 0 radical (unpaired) electrons. The van der Waals surface area contributed by atoms with E-state index < -0.39 is 5.60 Å². The zero-order valence-corrected chi connectivity index (χ0v) is 10.6. The first-order valence-corrected chi connectivity index (χ1v) is 5.70. The van der Waals surface area contributed by atoms with Gasteiger partial charge in [0.25, 0.3) is 0 Å². The molecule has 0 aliphatic heterocycles. The maximum atomic E-state index is 9.86. The van der Waals surface area contributed by atoms with Crippen molar-refractivity contribution in [1.82, 2.24) is 0 Å². The fourth-order valence-electron chi connectivity index (χ4n) is 1.68. The van der Waals surface area contributed by atoms with Gasteiger partial charge in [-0.25, -0.2) is 0 Å². The minimum Gasteiger partial charge on any atom is -0.493 e. The van der Waals surface area contributed by atoms with Crippen LogP contribution in [0.2, 0.25) is 0 Å². The summed E-state index contributed by atoms with van der Waals surface area (Å²) in [6.45, 7) is 3.82. The lowest BCUT2D eigenvalue weighted by Crippen LogP contribution is -2.38. The van der Waals surface area contributed by atoms with Crippen LogP contribution in [-0.2, 0) is 0 Å². The van der Waals surface area contributed by atoms with Crippen LogP contribution in [0.4, 0.5) is 0 Å². The number of hydrogen-bond donors (Lipinski definition) is 2. The molecule has 0 aromatic heterocycles. The third kappa shape index (κ3) is 4.24.